The van der Waals surface area contributed by atoms with Crippen LogP contribution in [0, 0.1) is 20.8 Å². The van der Waals surface area contributed by atoms with Gasteiger partial charge < -0.3 is 10.6 Å². The van der Waals surface area contributed by atoms with Crippen LogP contribution in [0.5, 0.6) is 0 Å². The first-order valence-electron chi connectivity index (χ1n) is 9.42. The summed E-state index contributed by atoms with van der Waals surface area (Å²) in [5, 5.41) is 11.6. The summed E-state index contributed by atoms with van der Waals surface area (Å²) in [6.45, 7) is 5.58. The van der Waals surface area contributed by atoms with E-state index in [0.717, 1.165) is 24.1 Å². The molecular formula is C19H25N5O2S. The lowest BCUT2D eigenvalue weighted by atomic mass is 10.00. The van der Waals surface area contributed by atoms with Gasteiger partial charge in [-0.3, -0.25) is 9.59 Å². The molecule has 27 heavy (non-hydrogen) atoms. The van der Waals surface area contributed by atoms with E-state index < -0.39 is 0 Å². The topological polar surface area (TPSA) is 88.9 Å². The van der Waals surface area contributed by atoms with Crippen LogP contribution in [0.25, 0.3) is 10.6 Å². The SMILES string of the molecule is Cc1nc(-c2c(C)c(C)nn(C)c2=O)sc1C(=O)NC1CC2CCC(C1)N2. The third kappa shape index (κ3) is 3.32. The Balaban J connectivity index is 1.61. The molecule has 144 valence electrons. The Kier molecular flexibility index (Phi) is 4.63. The van der Waals surface area contributed by atoms with E-state index >= 15 is 0 Å². The minimum Gasteiger partial charge on any atom is -0.348 e. The lowest BCUT2D eigenvalue weighted by Crippen LogP contribution is -2.48. The largest absolute Gasteiger partial charge is 0.348 e. The molecule has 0 saturated carbocycles. The van der Waals surface area contributed by atoms with Crippen molar-refractivity contribution in [2.45, 2.75) is 64.6 Å². The van der Waals surface area contributed by atoms with Crippen molar-refractivity contribution in [2.24, 2.45) is 7.05 Å². The summed E-state index contributed by atoms with van der Waals surface area (Å²) in [7, 11) is 1.64. The van der Waals surface area contributed by atoms with E-state index in [4.69, 9.17) is 0 Å². The Labute approximate surface area is 162 Å². The van der Waals surface area contributed by atoms with Crippen molar-refractivity contribution in [3.05, 3.63) is 32.2 Å². The number of nitrogens with one attached hydrogen (secondary N) is 2. The van der Waals surface area contributed by atoms with Gasteiger partial charge in [-0.1, -0.05) is 0 Å². The Morgan fingerprint density at radius 1 is 1.19 bits per heavy atom. The number of carbonyl (C=O) groups is 1. The van der Waals surface area contributed by atoms with Gasteiger partial charge in [-0.05, 0) is 52.0 Å². The van der Waals surface area contributed by atoms with Crippen LogP contribution in [0.1, 0.15) is 52.3 Å². The van der Waals surface area contributed by atoms with E-state index in [9.17, 15) is 9.59 Å². The van der Waals surface area contributed by atoms with Crippen LogP contribution in [0.4, 0.5) is 0 Å². The fraction of sp³-hybridized carbons (Fsp3) is 0.579. The zero-order valence-electron chi connectivity index (χ0n) is 16.1. The fourth-order valence-electron chi connectivity index (χ4n) is 4.24. The predicted octanol–water partition coefficient (Wildman–Crippen LogP) is 1.84. The summed E-state index contributed by atoms with van der Waals surface area (Å²) in [5.74, 6) is -0.0807. The fourth-order valence-corrected chi connectivity index (χ4v) is 5.30. The molecule has 4 heterocycles. The molecule has 2 fully saturated rings. The third-order valence-corrected chi connectivity index (χ3v) is 6.92. The van der Waals surface area contributed by atoms with E-state index in [1.165, 1.54) is 28.9 Å². The third-order valence-electron chi connectivity index (χ3n) is 5.75. The summed E-state index contributed by atoms with van der Waals surface area (Å²) in [6, 6.07) is 1.26. The van der Waals surface area contributed by atoms with Crippen molar-refractivity contribution in [2.75, 3.05) is 0 Å². The molecule has 0 radical (unpaired) electrons. The number of thiazole rings is 1. The zero-order chi connectivity index (χ0) is 19.3. The first-order chi connectivity index (χ1) is 12.8. The highest BCUT2D eigenvalue weighted by Gasteiger charge is 2.34. The van der Waals surface area contributed by atoms with Crippen molar-refractivity contribution in [1.82, 2.24) is 25.4 Å². The van der Waals surface area contributed by atoms with Gasteiger partial charge in [0, 0.05) is 25.2 Å². The van der Waals surface area contributed by atoms with Crippen LogP contribution >= 0.6 is 11.3 Å². The molecular weight excluding hydrogens is 362 g/mol. The smallest absolute Gasteiger partial charge is 0.277 e. The zero-order valence-corrected chi connectivity index (χ0v) is 16.9. The van der Waals surface area contributed by atoms with Crippen LogP contribution in [-0.2, 0) is 7.05 Å². The summed E-state index contributed by atoms with van der Waals surface area (Å²) in [4.78, 5) is 30.6. The maximum atomic E-state index is 12.9. The normalized spacial score (nSPS) is 24.2. The second-order valence-corrected chi connectivity index (χ2v) is 8.73. The molecule has 2 N–H and O–H groups in total. The van der Waals surface area contributed by atoms with Crippen molar-refractivity contribution in [1.29, 1.82) is 0 Å². The van der Waals surface area contributed by atoms with Gasteiger partial charge in [0.25, 0.3) is 11.5 Å². The van der Waals surface area contributed by atoms with Crippen molar-refractivity contribution >= 4 is 17.2 Å². The molecule has 0 spiro atoms. The minimum absolute atomic E-state index is 0.0807. The molecule has 7 nitrogen and oxygen atoms in total. The number of amides is 1. The number of fused-ring (bicyclic) bond motifs is 2. The van der Waals surface area contributed by atoms with Crippen molar-refractivity contribution < 1.29 is 4.79 Å². The number of hydrogen-bond donors (Lipinski definition) is 2. The molecule has 2 bridgehead atoms. The predicted molar refractivity (Wildman–Crippen MR) is 105 cm³/mol. The summed E-state index contributed by atoms with van der Waals surface area (Å²) >= 11 is 1.29. The van der Waals surface area contributed by atoms with E-state index in [2.05, 4.69) is 20.7 Å². The van der Waals surface area contributed by atoms with E-state index in [-0.39, 0.29) is 17.5 Å². The molecule has 2 unspecified atom stereocenters. The quantitative estimate of drug-likeness (QED) is 0.839. The summed E-state index contributed by atoms with van der Waals surface area (Å²) in [5.41, 5.74) is 2.62. The number of carbonyl (C=O) groups excluding carboxylic acids is 1. The standard InChI is InChI=1S/C19H25N5O2S/c1-9-10(2)23-24(4)19(26)15(9)18-20-11(3)16(27-18)17(25)22-14-7-12-5-6-13(8-14)21-12/h12-14,21H,5-8H2,1-4H3,(H,22,25). The molecule has 0 aliphatic carbocycles. The number of nitrogens with zero attached hydrogens (tertiary/aromatic N) is 3. The lowest BCUT2D eigenvalue weighted by Gasteiger charge is -2.29. The number of aromatic nitrogens is 3. The van der Waals surface area contributed by atoms with E-state index in [0.29, 0.717) is 33.2 Å². The Morgan fingerprint density at radius 3 is 2.52 bits per heavy atom. The highest BCUT2D eigenvalue weighted by atomic mass is 32.1. The summed E-state index contributed by atoms with van der Waals surface area (Å²) < 4.78 is 1.33. The molecule has 2 aromatic heterocycles. The molecule has 1 amide bonds. The van der Waals surface area contributed by atoms with Crippen molar-refractivity contribution in [3.8, 4) is 10.6 Å². The molecule has 2 saturated heterocycles. The lowest BCUT2D eigenvalue weighted by molar-refractivity contribution is 0.0927. The molecule has 2 aliphatic rings. The van der Waals surface area contributed by atoms with Crippen LogP contribution in [0.3, 0.4) is 0 Å². The highest BCUT2D eigenvalue weighted by Crippen LogP contribution is 2.30. The minimum atomic E-state index is -0.186. The Morgan fingerprint density at radius 2 is 1.85 bits per heavy atom. The van der Waals surface area contributed by atoms with Gasteiger partial charge in [0.1, 0.15) is 9.88 Å². The second-order valence-electron chi connectivity index (χ2n) is 7.73. The summed E-state index contributed by atoms with van der Waals surface area (Å²) in [6.07, 6.45) is 4.36. The maximum absolute atomic E-state index is 12.9. The van der Waals surface area contributed by atoms with Gasteiger partial charge in [0.15, 0.2) is 0 Å². The number of hydrogen-bond acceptors (Lipinski definition) is 6. The number of piperidine rings is 1. The van der Waals surface area contributed by atoms with Gasteiger partial charge in [-0.15, -0.1) is 11.3 Å². The monoisotopic (exact) mass is 387 g/mol. The van der Waals surface area contributed by atoms with Gasteiger partial charge >= 0.3 is 0 Å². The van der Waals surface area contributed by atoms with Crippen LogP contribution < -0.4 is 16.2 Å². The average molecular weight is 388 g/mol. The van der Waals surface area contributed by atoms with E-state index in [1.807, 2.05) is 20.8 Å². The maximum Gasteiger partial charge on any atom is 0.277 e. The second kappa shape index (κ2) is 6.83. The van der Waals surface area contributed by atoms with Crippen LogP contribution in [0.15, 0.2) is 4.79 Å². The molecule has 4 rings (SSSR count). The van der Waals surface area contributed by atoms with Crippen LogP contribution in [0.2, 0.25) is 0 Å². The average Bonchev–Trinajstić information content (AvgIpc) is 3.15. The Bertz CT molecular complexity index is 952. The molecule has 0 aromatic carbocycles. The number of rotatable bonds is 3. The van der Waals surface area contributed by atoms with Gasteiger partial charge in [0.2, 0.25) is 0 Å². The molecule has 2 atom stereocenters. The molecule has 2 aromatic rings. The highest BCUT2D eigenvalue weighted by molar-refractivity contribution is 7.17. The van der Waals surface area contributed by atoms with E-state index in [1.54, 1.807) is 7.05 Å². The number of aryl methyl sites for hydroxylation is 3. The first-order valence-corrected chi connectivity index (χ1v) is 10.2. The van der Waals surface area contributed by atoms with Crippen molar-refractivity contribution in [3.63, 3.8) is 0 Å². The van der Waals surface area contributed by atoms with Gasteiger partial charge in [0.05, 0.1) is 17.0 Å². The molecule has 2 aliphatic heterocycles. The Hall–Kier alpha value is -2.06. The first kappa shape index (κ1) is 18.3. The van der Waals surface area contributed by atoms with Gasteiger partial charge in [-0.25, -0.2) is 9.67 Å². The van der Waals surface area contributed by atoms with Gasteiger partial charge in [-0.2, -0.15) is 5.10 Å². The molecule has 8 heteroatoms. The van der Waals surface area contributed by atoms with Crippen LogP contribution in [-0.4, -0.2) is 38.8 Å².